The van der Waals surface area contributed by atoms with Gasteiger partial charge in [-0.15, -0.1) is 0 Å². The van der Waals surface area contributed by atoms with E-state index in [9.17, 15) is 0 Å². The molecule has 1 aliphatic carbocycles. The lowest BCUT2D eigenvalue weighted by molar-refractivity contribution is 0.264. The van der Waals surface area contributed by atoms with Crippen molar-refractivity contribution in [2.45, 2.75) is 51.4 Å². The number of aromatic nitrogens is 1. The molecule has 0 spiro atoms. The average molecular weight is 189 g/mol. The summed E-state index contributed by atoms with van der Waals surface area (Å²) in [5, 5.41) is 0. The second-order valence-electron chi connectivity index (χ2n) is 5.05. The predicted molar refractivity (Wildman–Crippen MR) is 59.5 cm³/mol. The molecular formula is C13H19N. The van der Waals surface area contributed by atoms with Gasteiger partial charge in [0.2, 0.25) is 0 Å². The van der Waals surface area contributed by atoms with Crippen LogP contribution < -0.4 is 0 Å². The summed E-state index contributed by atoms with van der Waals surface area (Å²) in [6.07, 6.45) is 6.02. The van der Waals surface area contributed by atoms with Crippen LogP contribution in [0, 0.1) is 0 Å². The van der Waals surface area contributed by atoms with Crippen LogP contribution in [-0.4, -0.2) is 4.98 Å². The maximum absolute atomic E-state index is 4.59. The molecule has 0 saturated heterocycles. The molecule has 0 aliphatic heterocycles. The van der Waals surface area contributed by atoms with Gasteiger partial charge in [0.25, 0.3) is 0 Å². The Labute approximate surface area is 86.6 Å². The molecule has 0 unspecified atom stereocenters. The molecular weight excluding hydrogens is 170 g/mol. The van der Waals surface area contributed by atoms with Gasteiger partial charge in [0.15, 0.2) is 0 Å². The smallest absolute Gasteiger partial charge is 0.0462 e. The summed E-state index contributed by atoms with van der Waals surface area (Å²) < 4.78 is 0. The molecule has 1 saturated carbocycles. The molecule has 2 rings (SSSR count). The molecule has 0 aromatic carbocycles. The van der Waals surface area contributed by atoms with E-state index in [1.165, 1.54) is 30.5 Å². The first-order chi connectivity index (χ1) is 6.62. The molecule has 1 heterocycles. The highest BCUT2D eigenvalue weighted by Gasteiger charge is 2.34. The second-order valence-corrected chi connectivity index (χ2v) is 5.05. The molecule has 0 bridgehead atoms. The van der Waals surface area contributed by atoms with E-state index in [2.05, 4.69) is 37.9 Å². The highest BCUT2D eigenvalue weighted by atomic mass is 14.7. The third-order valence-corrected chi connectivity index (χ3v) is 3.53. The fourth-order valence-corrected chi connectivity index (χ4v) is 2.07. The average Bonchev–Trinajstić information content (AvgIpc) is 2.14. The zero-order valence-corrected chi connectivity index (χ0v) is 9.38. The molecule has 0 radical (unpaired) electrons. The van der Waals surface area contributed by atoms with E-state index in [0.717, 1.165) is 0 Å². The van der Waals surface area contributed by atoms with Gasteiger partial charge in [-0.1, -0.05) is 33.3 Å². The Balaban J connectivity index is 2.21. The lowest BCUT2D eigenvalue weighted by Gasteiger charge is -2.37. The number of pyridine rings is 1. The van der Waals surface area contributed by atoms with Crippen LogP contribution in [0.1, 0.15) is 57.2 Å². The molecule has 0 atom stereocenters. The van der Waals surface area contributed by atoms with Crippen LogP contribution in [0.2, 0.25) is 0 Å². The summed E-state index contributed by atoms with van der Waals surface area (Å²) in [6.45, 7) is 6.75. The lowest BCUT2D eigenvalue weighted by Crippen LogP contribution is -2.31. The fourth-order valence-electron chi connectivity index (χ4n) is 2.07. The van der Waals surface area contributed by atoms with Gasteiger partial charge in [-0.05, 0) is 30.4 Å². The van der Waals surface area contributed by atoms with Crippen molar-refractivity contribution in [2.75, 3.05) is 0 Å². The van der Waals surface area contributed by atoms with Gasteiger partial charge in [-0.25, -0.2) is 0 Å². The summed E-state index contributed by atoms with van der Waals surface area (Å²) in [4.78, 5) is 4.59. The third-order valence-electron chi connectivity index (χ3n) is 3.53. The first-order valence-corrected chi connectivity index (χ1v) is 5.58. The molecule has 0 N–H and O–H groups in total. The first kappa shape index (κ1) is 9.70. The van der Waals surface area contributed by atoms with Crippen molar-refractivity contribution in [3.05, 3.63) is 29.6 Å². The van der Waals surface area contributed by atoms with Crippen LogP contribution >= 0.6 is 0 Å². The highest BCUT2D eigenvalue weighted by molar-refractivity contribution is 5.24. The Bertz CT molecular complexity index is 307. The number of hydrogen-bond acceptors (Lipinski definition) is 1. The zero-order chi connectivity index (χ0) is 10.2. The zero-order valence-electron chi connectivity index (χ0n) is 9.38. The lowest BCUT2D eigenvalue weighted by atomic mass is 9.68. The quantitative estimate of drug-likeness (QED) is 0.692. The van der Waals surface area contributed by atoms with E-state index in [4.69, 9.17) is 0 Å². The molecule has 76 valence electrons. The van der Waals surface area contributed by atoms with E-state index in [0.29, 0.717) is 11.3 Å². The fraction of sp³-hybridized carbons (Fsp3) is 0.615. The minimum Gasteiger partial charge on any atom is -0.260 e. The standard InChI is InChI=1S/C13H19N/c1-10(2)11-5-6-12(14-9-11)13(3)7-4-8-13/h5-6,9-10H,4,7-8H2,1-3H3. The topological polar surface area (TPSA) is 12.9 Å². The van der Waals surface area contributed by atoms with Crippen molar-refractivity contribution in [1.29, 1.82) is 0 Å². The SMILES string of the molecule is CC(C)c1ccc(C2(C)CCC2)nc1. The van der Waals surface area contributed by atoms with Crippen LogP contribution in [0.3, 0.4) is 0 Å². The van der Waals surface area contributed by atoms with Crippen molar-refractivity contribution < 1.29 is 0 Å². The Morgan fingerprint density at radius 1 is 1.29 bits per heavy atom. The van der Waals surface area contributed by atoms with Crippen molar-refractivity contribution in [3.63, 3.8) is 0 Å². The van der Waals surface area contributed by atoms with Gasteiger partial charge in [0.1, 0.15) is 0 Å². The Kier molecular flexibility index (Phi) is 2.34. The second kappa shape index (κ2) is 3.38. The van der Waals surface area contributed by atoms with E-state index in [1.807, 2.05) is 6.20 Å². The molecule has 1 aromatic heterocycles. The minimum atomic E-state index is 0.384. The normalized spacial score (nSPS) is 19.4. The predicted octanol–water partition coefficient (Wildman–Crippen LogP) is 3.65. The van der Waals surface area contributed by atoms with Crippen LogP contribution in [0.15, 0.2) is 18.3 Å². The Morgan fingerprint density at radius 3 is 2.36 bits per heavy atom. The monoisotopic (exact) mass is 189 g/mol. The van der Waals surface area contributed by atoms with Gasteiger partial charge in [0.05, 0.1) is 0 Å². The largest absolute Gasteiger partial charge is 0.260 e. The summed E-state index contributed by atoms with van der Waals surface area (Å²) in [5.74, 6) is 0.589. The van der Waals surface area contributed by atoms with Crippen molar-refractivity contribution in [2.24, 2.45) is 0 Å². The number of nitrogens with zero attached hydrogens (tertiary/aromatic N) is 1. The minimum absolute atomic E-state index is 0.384. The van der Waals surface area contributed by atoms with E-state index >= 15 is 0 Å². The van der Waals surface area contributed by atoms with Crippen LogP contribution in [0.4, 0.5) is 0 Å². The molecule has 0 amide bonds. The van der Waals surface area contributed by atoms with E-state index in [-0.39, 0.29) is 0 Å². The molecule has 14 heavy (non-hydrogen) atoms. The van der Waals surface area contributed by atoms with Crippen molar-refractivity contribution in [3.8, 4) is 0 Å². The maximum Gasteiger partial charge on any atom is 0.0462 e. The third kappa shape index (κ3) is 1.56. The van der Waals surface area contributed by atoms with Gasteiger partial charge in [0, 0.05) is 17.3 Å². The van der Waals surface area contributed by atoms with Crippen LogP contribution in [0.25, 0.3) is 0 Å². The van der Waals surface area contributed by atoms with E-state index < -0.39 is 0 Å². The summed E-state index contributed by atoms with van der Waals surface area (Å²) in [7, 11) is 0. The van der Waals surface area contributed by atoms with Crippen LogP contribution in [-0.2, 0) is 5.41 Å². The van der Waals surface area contributed by atoms with Gasteiger partial charge in [-0.2, -0.15) is 0 Å². The molecule has 1 fully saturated rings. The van der Waals surface area contributed by atoms with Crippen molar-refractivity contribution in [1.82, 2.24) is 4.98 Å². The Morgan fingerprint density at radius 2 is 2.00 bits per heavy atom. The van der Waals surface area contributed by atoms with E-state index in [1.54, 1.807) is 0 Å². The highest BCUT2D eigenvalue weighted by Crippen LogP contribution is 2.42. The molecule has 1 nitrogen and oxygen atoms in total. The summed E-state index contributed by atoms with van der Waals surface area (Å²) in [6, 6.07) is 4.45. The molecule has 1 aromatic rings. The van der Waals surface area contributed by atoms with Gasteiger partial charge in [-0.3, -0.25) is 4.98 Å². The van der Waals surface area contributed by atoms with Gasteiger partial charge >= 0.3 is 0 Å². The maximum atomic E-state index is 4.59. The first-order valence-electron chi connectivity index (χ1n) is 5.58. The molecule has 1 aliphatic rings. The van der Waals surface area contributed by atoms with Gasteiger partial charge < -0.3 is 0 Å². The molecule has 1 heteroatoms. The number of hydrogen-bond donors (Lipinski definition) is 0. The van der Waals surface area contributed by atoms with Crippen LogP contribution in [0.5, 0.6) is 0 Å². The summed E-state index contributed by atoms with van der Waals surface area (Å²) >= 11 is 0. The number of rotatable bonds is 2. The summed E-state index contributed by atoms with van der Waals surface area (Å²) in [5.41, 5.74) is 3.01. The Hall–Kier alpha value is -0.850. The van der Waals surface area contributed by atoms with Crippen molar-refractivity contribution >= 4 is 0 Å².